The minimum Gasteiger partial charge on any atom is -0.481 e. The Labute approximate surface area is 124 Å². The third-order valence-electron chi connectivity index (χ3n) is 2.41. The summed E-state index contributed by atoms with van der Waals surface area (Å²) in [7, 11) is 0. The number of carbonyl (C=O) groups excluding carboxylic acids is 1. The van der Waals surface area contributed by atoms with E-state index >= 15 is 0 Å². The Bertz CT molecular complexity index is 579. The average molecular weight is 337 g/mol. The fourth-order valence-corrected chi connectivity index (χ4v) is 1.65. The van der Waals surface area contributed by atoms with Crippen LogP contribution >= 0.6 is 15.9 Å². The zero-order valence-corrected chi connectivity index (χ0v) is 12.3. The Hall–Kier alpha value is -2.08. The number of benzene rings is 1. The van der Waals surface area contributed by atoms with Gasteiger partial charge in [-0.3, -0.25) is 4.79 Å². The monoisotopic (exact) mass is 336 g/mol. The van der Waals surface area contributed by atoms with Crippen molar-refractivity contribution in [3.05, 3.63) is 52.9 Å². The fourth-order valence-electron chi connectivity index (χ4n) is 1.39. The van der Waals surface area contributed by atoms with E-state index < -0.39 is 6.10 Å². The molecule has 0 bridgehead atoms. The van der Waals surface area contributed by atoms with Crippen molar-refractivity contribution >= 4 is 28.1 Å². The first kappa shape index (κ1) is 14.3. The highest BCUT2D eigenvalue weighted by molar-refractivity contribution is 9.10. The lowest BCUT2D eigenvalue weighted by atomic mass is 10.3. The number of hydrogen-bond acceptors (Lipinski definition) is 4. The molecule has 1 N–H and O–H groups in total. The Kier molecular flexibility index (Phi) is 4.95. The van der Waals surface area contributed by atoms with E-state index in [1.807, 2.05) is 12.1 Å². The van der Waals surface area contributed by atoms with E-state index in [1.54, 1.807) is 31.2 Å². The molecule has 1 heterocycles. The van der Waals surface area contributed by atoms with Crippen LogP contribution in [0.15, 0.2) is 56.7 Å². The second-order valence-corrected chi connectivity index (χ2v) is 4.88. The molecule has 104 valence electrons. The molecule has 0 spiro atoms. The maximum absolute atomic E-state index is 11.8. The summed E-state index contributed by atoms with van der Waals surface area (Å²) >= 11 is 3.33. The van der Waals surface area contributed by atoms with Crippen LogP contribution in [-0.4, -0.2) is 18.2 Å². The molecule has 2 rings (SSSR count). The molecule has 1 unspecified atom stereocenters. The Morgan fingerprint density at radius 1 is 1.40 bits per heavy atom. The molecule has 0 aliphatic carbocycles. The topological polar surface area (TPSA) is 63.8 Å². The zero-order valence-electron chi connectivity index (χ0n) is 10.7. The molecule has 0 fully saturated rings. The quantitative estimate of drug-likeness (QED) is 0.674. The van der Waals surface area contributed by atoms with Gasteiger partial charge in [0, 0.05) is 4.47 Å². The SMILES string of the molecule is CC(Oc1ccc(Br)cc1)C(=O)N/N=C/c1ccco1. The molecule has 5 nitrogen and oxygen atoms in total. The number of carbonyl (C=O) groups is 1. The minimum atomic E-state index is -0.648. The van der Waals surface area contributed by atoms with Crippen LogP contribution in [0.3, 0.4) is 0 Å². The molecule has 0 saturated carbocycles. The van der Waals surface area contributed by atoms with Crippen molar-refractivity contribution in [1.29, 1.82) is 0 Å². The van der Waals surface area contributed by atoms with E-state index in [4.69, 9.17) is 9.15 Å². The van der Waals surface area contributed by atoms with Crippen LogP contribution in [0.25, 0.3) is 0 Å². The molecule has 6 heteroatoms. The fraction of sp³-hybridized carbons (Fsp3) is 0.143. The van der Waals surface area contributed by atoms with Crippen LogP contribution in [0.1, 0.15) is 12.7 Å². The standard InChI is InChI=1S/C14H13BrN2O3/c1-10(20-12-6-4-11(15)5-7-12)14(18)17-16-9-13-3-2-8-19-13/h2-10H,1H3,(H,17,18)/b16-9+. The first-order valence-electron chi connectivity index (χ1n) is 5.94. The first-order valence-corrected chi connectivity index (χ1v) is 6.73. The van der Waals surface area contributed by atoms with Gasteiger partial charge in [-0.15, -0.1) is 0 Å². The second-order valence-electron chi connectivity index (χ2n) is 3.96. The summed E-state index contributed by atoms with van der Waals surface area (Å²) in [5, 5.41) is 3.78. The molecule has 2 aromatic rings. The summed E-state index contributed by atoms with van der Waals surface area (Å²) in [6.45, 7) is 1.65. The summed E-state index contributed by atoms with van der Waals surface area (Å²) in [5.74, 6) is 0.841. The van der Waals surface area contributed by atoms with Crippen molar-refractivity contribution in [3.8, 4) is 5.75 Å². The van der Waals surface area contributed by atoms with E-state index in [0.29, 0.717) is 11.5 Å². The van der Waals surface area contributed by atoms with Gasteiger partial charge in [0.15, 0.2) is 6.10 Å². The lowest BCUT2D eigenvalue weighted by Crippen LogP contribution is -2.33. The molecular formula is C14H13BrN2O3. The van der Waals surface area contributed by atoms with Gasteiger partial charge in [-0.25, -0.2) is 5.43 Å². The lowest BCUT2D eigenvalue weighted by Gasteiger charge is -2.12. The molecule has 0 radical (unpaired) electrons. The van der Waals surface area contributed by atoms with Crippen LogP contribution in [0.5, 0.6) is 5.75 Å². The Morgan fingerprint density at radius 2 is 2.15 bits per heavy atom. The van der Waals surface area contributed by atoms with Gasteiger partial charge in [0.25, 0.3) is 5.91 Å². The third kappa shape index (κ3) is 4.24. The molecular weight excluding hydrogens is 324 g/mol. The summed E-state index contributed by atoms with van der Waals surface area (Å²) in [4.78, 5) is 11.8. The summed E-state index contributed by atoms with van der Waals surface area (Å²) in [6.07, 6.45) is 2.30. The van der Waals surface area contributed by atoms with Gasteiger partial charge >= 0.3 is 0 Å². The maximum atomic E-state index is 11.8. The summed E-state index contributed by atoms with van der Waals surface area (Å²) in [6, 6.07) is 10.7. The van der Waals surface area contributed by atoms with Crippen LogP contribution in [0, 0.1) is 0 Å². The van der Waals surface area contributed by atoms with Crippen molar-refractivity contribution < 1.29 is 13.9 Å². The van der Waals surface area contributed by atoms with Crippen molar-refractivity contribution in [2.24, 2.45) is 5.10 Å². The average Bonchev–Trinajstić information content (AvgIpc) is 2.94. The van der Waals surface area contributed by atoms with Gasteiger partial charge in [0.1, 0.15) is 11.5 Å². The van der Waals surface area contributed by atoms with Gasteiger partial charge in [-0.2, -0.15) is 5.10 Å². The number of ether oxygens (including phenoxy) is 1. The highest BCUT2D eigenvalue weighted by Crippen LogP contribution is 2.17. The molecule has 20 heavy (non-hydrogen) atoms. The highest BCUT2D eigenvalue weighted by Gasteiger charge is 2.13. The van der Waals surface area contributed by atoms with Crippen LogP contribution < -0.4 is 10.2 Å². The Morgan fingerprint density at radius 3 is 2.80 bits per heavy atom. The maximum Gasteiger partial charge on any atom is 0.280 e. The number of rotatable bonds is 5. The number of furan rings is 1. The number of hydrogen-bond donors (Lipinski definition) is 1. The minimum absolute atomic E-state index is 0.337. The van der Waals surface area contributed by atoms with Crippen molar-refractivity contribution in [1.82, 2.24) is 5.43 Å². The van der Waals surface area contributed by atoms with Crippen molar-refractivity contribution in [2.75, 3.05) is 0 Å². The zero-order chi connectivity index (χ0) is 14.4. The smallest absolute Gasteiger partial charge is 0.280 e. The van der Waals surface area contributed by atoms with E-state index in [1.165, 1.54) is 12.5 Å². The predicted molar refractivity (Wildman–Crippen MR) is 78.7 cm³/mol. The molecule has 1 atom stereocenters. The van der Waals surface area contributed by atoms with Gasteiger partial charge in [-0.05, 0) is 43.3 Å². The van der Waals surface area contributed by atoms with E-state index in [0.717, 1.165) is 4.47 Å². The molecule has 1 aromatic carbocycles. The highest BCUT2D eigenvalue weighted by atomic mass is 79.9. The number of nitrogens with one attached hydrogen (secondary N) is 1. The molecule has 0 aliphatic rings. The summed E-state index contributed by atoms with van der Waals surface area (Å²) < 4.78 is 11.5. The van der Waals surface area contributed by atoms with Gasteiger partial charge in [0.05, 0.1) is 12.5 Å². The molecule has 0 aliphatic heterocycles. The van der Waals surface area contributed by atoms with Gasteiger partial charge < -0.3 is 9.15 Å². The van der Waals surface area contributed by atoms with E-state index in [9.17, 15) is 4.79 Å². The molecule has 1 aromatic heterocycles. The normalized spacial score (nSPS) is 12.3. The second kappa shape index (κ2) is 6.91. The van der Waals surface area contributed by atoms with Crippen molar-refractivity contribution in [2.45, 2.75) is 13.0 Å². The van der Waals surface area contributed by atoms with Crippen LogP contribution in [0.2, 0.25) is 0 Å². The van der Waals surface area contributed by atoms with Crippen LogP contribution in [-0.2, 0) is 4.79 Å². The largest absolute Gasteiger partial charge is 0.481 e. The number of nitrogens with zero attached hydrogens (tertiary/aromatic N) is 1. The molecule has 0 saturated heterocycles. The van der Waals surface area contributed by atoms with Crippen molar-refractivity contribution in [3.63, 3.8) is 0 Å². The number of amides is 1. The number of hydrazone groups is 1. The van der Waals surface area contributed by atoms with E-state index in [-0.39, 0.29) is 5.91 Å². The Balaban J connectivity index is 1.84. The summed E-state index contributed by atoms with van der Waals surface area (Å²) in [5.41, 5.74) is 2.39. The van der Waals surface area contributed by atoms with Gasteiger partial charge in [0.2, 0.25) is 0 Å². The number of halogens is 1. The lowest BCUT2D eigenvalue weighted by molar-refractivity contribution is -0.127. The molecule has 1 amide bonds. The van der Waals surface area contributed by atoms with Gasteiger partial charge in [-0.1, -0.05) is 15.9 Å². The predicted octanol–water partition coefficient (Wildman–Crippen LogP) is 2.96. The first-order chi connectivity index (χ1) is 9.65. The third-order valence-corrected chi connectivity index (χ3v) is 2.93. The van der Waals surface area contributed by atoms with E-state index in [2.05, 4.69) is 26.5 Å². The van der Waals surface area contributed by atoms with Crippen LogP contribution in [0.4, 0.5) is 0 Å².